The first-order chi connectivity index (χ1) is 11.1. The Kier molecular flexibility index (Phi) is 2.28. The molecule has 2 fully saturated rings. The maximum atomic E-state index is 12.8. The molecular formula is C16H12NO6-. The molecule has 2 saturated heterocycles. The largest absolute Gasteiger partial charge is 0.550 e. The van der Waals surface area contributed by atoms with Crippen LogP contribution in [0, 0.1) is 11.8 Å². The van der Waals surface area contributed by atoms with E-state index in [1.807, 2.05) is 6.08 Å². The van der Waals surface area contributed by atoms with Gasteiger partial charge >= 0.3 is 0 Å². The first-order valence-electron chi connectivity index (χ1n) is 7.38. The number of rotatable bonds is 2. The van der Waals surface area contributed by atoms with Gasteiger partial charge in [-0.15, -0.1) is 0 Å². The van der Waals surface area contributed by atoms with Crippen molar-refractivity contribution in [1.82, 2.24) is 0 Å². The highest BCUT2D eigenvalue weighted by atomic mass is 16.7. The van der Waals surface area contributed by atoms with Crippen LogP contribution >= 0.6 is 0 Å². The zero-order valence-electron chi connectivity index (χ0n) is 11.9. The number of fused-ring (bicyclic) bond motifs is 2. The van der Waals surface area contributed by atoms with E-state index in [1.165, 1.54) is 0 Å². The fourth-order valence-corrected chi connectivity index (χ4v) is 4.04. The van der Waals surface area contributed by atoms with Crippen molar-refractivity contribution in [3.63, 3.8) is 0 Å². The third-order valence-electron chi connectivity index (χ3n) is 5.04. The van der Waals surface area contributed by atoms with E-state index in [9.17, 15) is 14.7 Å². The van der Waals surface area contributed by atoms with Crippen molar-refractivity contribution in [2.24, 2.45) is 11.8 Å². The summed E-state index contributed by atoms with van der Waals surface area (Å²) in [4.78, 5) is 25.8. The minimum atomic E-state index is -1.24. The summed E-state index contributed by atoms with van der Waals surface area (Å²) in [7, 11) is 0. The quantitative estimate of drug-likeness (QED) is 0.681. The van der Waals surface area contributed by atoms with Gasteiger partial charge in [0, 0.05) is 23.6 Å². The smallest absolute Gasteiger partial charge is 0.234 e. The predicted molar refractivity (Wildman–Crippen MR) is 73.6 cm³/mol. The van der Waals surface area contributed by atoms with Gasteiger partial charge in [-0.3, -0.25) is 4.79 Å². The third-order valence-corrected chi connectivity index (χ3v) is 5.04. The summed E-state index contributed by atoms with van der Waals surface area (Å²) in [5, 5.41) is 11.4. The Balaban J connectivity index is 1.54. The van der Waals surface area contributed by atoms with Gasteiger partial charge < -0.3 is 29.0 Å². The molecule has 5 rings (SSSR count). The van der Waals surface area contributed by atoms with Crippen LogP contribution in [0.2, 0.25) is 0 Å². The van der Waals surface area contributed by atoms with Crippen LogP contribution in [0.3, 0.4) is 0 Å². The van der Waals surface area contributed by atoms with Crippen LogP contribution in [0.15, 0.2) is 30.4 Å². The number of anilines is 1. The zero-order chi connectivity index (χ0) is 15.8. The lowest BCUT2D eigenvalue weighted by Gasteiger charge is -2.24. The number of carboxylic acid groups (broad SMARTS) is 1. The van der Waals surface area contributed by atoms with Gasteiger partial charge in [-0.05, 0) is 12.1 Å². The molecule has 4 atom stereocenters. The van der Waals surface area contributed by atoms with Crippen molar-refractivity contribution in [3.8, 4) is 11.5 Å². The lowest BCUT2D eigenvalue weighted by molar-refractivity contribution is -0.313. The zero-order valence-corrected chi connectivity index (χ0v) is 11.9. The summed E-state index contributed by atoms with van der Waals surface area (Å²) in [6.07, 6.45) is 2.95. The van der Waals surface area contributed by atoms with Crippen molar-refractivity contribution in [2.45, 2.75) is 11.7 Å². The highest BCUT2D eigenvalue weighted by Gasteiger charge is 2.65. The van der Waals surface area contributed by atoms with Crippen LogP contribution in [0.5, 0.6) is 11.5 Å². The number of nitrogens with zero attached hydrogens (tertiary/aromatic N) is 1. The molecule has 1 aromatic rings. The minimum Gasteiger partial charge on any atom is -0.550 e. The summed E-state index contributed by atoms with van der Waals surface area (Å²) in [5.41, 5.74) is -0.233. The Hall–Kier alpha value is -2.54. The van der Waals surface area contributed by atoms with Crippen molar-refractivity contribution in [3.05, 3.63) is 30.4 Å². The fourth-order valence-electron chi connectivity index (χ4n) is 4.04. The number of carbonyl (C=O) groups is 2. The van der Waals surface area contributed by atoms with E-state index >= 15 is 0 Å². The molecule has 4 aliphatic rings. The number of ether oxygens (including phenoxy) is 3. The molecule has 2 bridgehead atoms. The molecule has 4 heterocycles. The summed E-state index contributed by atoms with van der Waals surface area (Å²) >= 11 is 0. The van der Waals surface area contributed by atoms with Crippen molar-refractivity contribution in [2.75, 3.05) is 18.2 Å². The SMILES string of the molecule is O=C([O-])[C@@H]1[C@@H]2C=C[C@]3(CN(c4ccc5c(c4)OCO5)C(=O)[C@H]13)O2. The molecule has 0 unspecified atom stereocenters. The summed E-state index contributed by atoms with van der Waals surface area (Å²) in [6, 6.07) is 5.22. The number of aliphatic carboxylic acids is 1. The second kappa shape index (κ2) is 4.05. The van der Waals surface area contributed by atoms with Crippen LogP contribution in [0.25, 0.3) is 0 Å². The van der Waals surface area contributed by atoms with Gasteiger partial charge in [-0.1, -0.05) is 12.2 Å². The predicted octanol–water partition coefficient (Wildman–Crippen LogP) is -0.548. The van der Waals surface area contributed by atoms with E-state index in [0.717, 1.165) is 0 Å². The Bertz CT molecular complexity index is 774. The van der Waals surface area contributed by atoms with E-state index in [4.69, 9.17) is 14.2 Å². The Morgan fingerprint density at radius 2 is 2.13 bits per heavy atom. The van der Waals surface area contributed by atoms with Crippen molar-refractivity contribution in [1.29, 1.82) is 0 Å². The number of amides is 1. The van der Waals surface area contributed by atoms with E-state index in [1.54, 1.807) is 29.2 Å². The van der Waals surface area contributed by atoms with Crippen molar-refractivity contribution >= 4 is 17.6 Å². The first kappa shape index (κ1) is 13.0. The second-order valence-electron chi connectivity index (χ2n) is 6.18. The molecule has 1 spiro atoms. The highest BCUT2D eigenvalue weighted by molar-refractivity contribution is 6.02. The molecule has 0 radical (unpaired) electrons. The number of hydrogen-bond donors (Lipinski definition) is 0. The third kappa shape index (κ3) is 1.52. The average molecular weight is 314 g/mol. The van der Waals surface area contributed by atoms with Crippen LogP contribution in [0.1, 0.15) is 0 Å². The molecule has 1 amide bonds. The average Bonchev–Trinajstić information content (AvgIpc) is 3.26. The molecular weight excluding hydrogens is 302 g/mol. The molecule has 0 aromatic heterocycles. The summed E-state index contributed by atoms with van der Waals surface area (Å²) in [5.74, 6) is -1.98. The molecule has 23 heavy (non-hydrogen) atoms. The number of carbonyl (C=O) groups excluding carboxylic acids is 2. The normalized spacial score (nSPS) is 35.9. The van der Waals surface area contributed by atoms with Gasteiger partial charge in [0.2, 0.25) is 12.7 Å². The summed E-state index contributed by atoms with van der Waals surface area (Å²) < 4.78 is 16.4. The number of benzene rings is 1. The number of carboxylic acids is 1. The van der Waals surface area contributed by atoms with E-state index in [-0.39, 0.29) is 19.2 Å². The monoisotopic (exact) mass is 314 g/mol. The maximum Gasteiger partial charge on any atom is 0.234 e. The summed E-state index contributed by atoms with van der Waals surface area (Å²) in [6.45, 7) is 0.437. The van der Waals surface area contributed by atoms with Crippen LogP contribution < -0.4 is 19.5 Å². The van der Waals surface area contributed by atoms with Gasteiger partial charge in [0.1, 0.15) is 5.60 Å². The molecule has 1 aromatic carbocycles. The van der Waals surface area contributed by atoms with E-state index in [2.05, 4.69) is 0 Å². The fraction of sp³-hybridized carbons (Fsp3) is 0.375. The Morgan fingerprint density at radius 1 is 1.30 bits per heavy atom. The standard InChI is InChI=1S/C16H13NO6/c18-14-13-12(15(19)20)10-3-4-16(13,23-10)6-17(14)8-1-2-9-11(5-8)22-7-21-9/h1-5,10,12-13H,6-7H2,(H,19,20)/p-1/t10-,12+,13-,16+/m0/s1. The van der Waals surface area contributed by atoms with Crippen LogP contribution in [0.4, 0.5) is 5.69 Å². The molecule has 0 aliphatic carbocycles. The molecule has 0 N–H and O–H groups in total. The Morgan fingerprint density at radius 3 is 2.96 bits per heavy atom. The van der Waals surface area contributed by atoms with Gasteiger partial charge in [0.15, 0.2) is 11.5 Å². The second-order valence-corrected chi connectivity index (χ2v) is 6.18. The van der Waals surface area contributed by atoms with Gasteiger partial charge in [0.05, 0.1) is 18.6 Å². The molecule has 4 aliphatic heterocycles. The van der Waals surface area contributed by atoms with Crippen LogP contribution in [-0.4, -0.2) is 36.9 Å². The lowest BCUT2D eigenvalue weighted by Crippen LogP contribution is -2.45. The van der Waals surface area contributed by atoms with E-state index in [0.29, 0.717) is 17.2 Å². The van der Waals surface area contributed by atoms with Gasteiger partial charge in [-0.2, -0.15) is 0 Å². The van der Waals surface area contributed by atoms with Crippen molar-refractivity contribution < 1.29 is 28.9 Å². The molecule has 0 saturated carbocycles. The molecule has 7 nitrogen and oxygen atoms in total. The first-order valence-corrected chi connectivity index (χ1v) is 7.38. The highest BCUT2D eigenvalue weighted by Crippen LogP contribution is 2.52. The number of hydrogen-bond acceptors (Lipinski definition) is 6. The lowest BCUT2D eigenvalue weighted by atomic mass is 9.77. The van der Waals surface area contributed by atoms with Crippen LogP contribution in [-0.2, 0) is 14.3 Å². The Labute approximate surface area is 131 Å². The molecule has 118 valence electrons. The van der Waals surface area contributed by atoms with Gasteiger partial charge in [0.25, 0.3) is 0 Å². The molecule has 7 heteroatoms. The van der Waals surface area contributed by atoms with E-state index < -0.39 is 29.5 Å². The topological polar surface area (TPSA) is 88.1 Å². The van der Waals surface area contributed by atoms with Gasteiger partial charge in [-0.25, -0.2) is 0 Å². The minimum absolute atomic E-state index is 0.152. The maximum absolute atomic E-state index is 12.8.